The summed E-state index contributed by atoms with van der Waals surface area (Å²) in [5, 5.41) is 2.17. The average molecular weight is 340 g/mol. The molecule has 1 atom stereocenters. The zero-order valence-corrected chi connectivity index (χ0v) is 14.8. The molecule has 4 heteroatoms. The van der Waals surface area contributed by atoms with Gasteiger partial charge in [-0.3, -0.25) is 9.69 Å². The Hall–Kier alpha value is -1.65. The average Bonchev–Trinajstić information content (AvgIpc) is 3.11. The highest BCUT2D eigenvalue weighted by atomic mass is 32.1. The number of thiophene rings is 1. The van der Waals surface area contributed by atoms with E-state index in [1.807, 2.05) is 17.4 Å². The van der Waals surface area contributed by atoms with Gasteiger partial charge in [0.05, 0.1) is 12.6 Å². The van der Waals surface area contributed by atoms with Crippen molar-refractivity contribution in [3.8, 4) is 0 Å². The van der Waals surface area contributed by atoms with Gasteiger partial charge in [0.2, 0.25) is 5.91 Å². The molecule has 3 heterocycles. The third kappa shape index (κ3) is 3.13. The number of likely N-dealkylation sites (tertiary alicyclic amines) is 1. The number of benzene rings is 1. The molecule has 24 heavy (non-hydrogen) atoms. The van der Waals surface area contributed by atoms with E-state index in [0.29, 0.717) is 6.54 Å². The van der Waals surface area contributed by atoms with Gasteiger partial charge in [-0.15, -0.1) is 11.3 Å². The molecule has 0 unspecified atom stereocenters. The summed E-state index contributed by atoms with van der Waals surface area (Å²) in [5.41, 5.74) is 2.55. The lowest BCUT2D eigenvalue weighted by Gasteiger charge is -2.38. The van der Waals surface area contributed by atoms with Crippen LogP contribution in [0.25, 0.3) is 0 Å². The molecule has 4 rings (SSSR count). The SMILES string of the molecule is O=C(CN1CCCCC1)N1CCc2sccc2[C@H]1c1ccccc1. The molecule has 0 radical (unpaired) electrons. The maximum Gasteiger partial charge on any atom is 0.237 e. The number of piperidine rings is 1. The zero-order chi connectivity index (χ0) is 16.4. The van der Waals surface area contributed by atoms with Gasteiger partial charge in [0.25, 0.3) is 0 Å². The minimum absolute atomic E-state index is 0.0819. The minimum Gasteiger partial charge on any atom is -0.330 e. The van der Waals surface area contributed by atoms with Gasteiger partial charge in [-0.25, -0.2) is 0 Å². The number of hydrogen-bond donors (Lipinski definition) is 0. The summed E-state index contributed by atoms with van der Waals surface area (Å²) in [7, 11) is 0. The van der Waals surface area contributed by atoms with Gasteiger partial charge in [0.1, 0.15) is 0 Å². The second kappa shape index (κ2) is 7.08. The van der Waals surface area contributed by atoms with Gasteiger partial charge in [0.15, 0.2) is 0 Å². The van der Waals surface area contributed by atoms with Gasteiger partial charge >= 0.3 is 0 Å². The second-order valence-electron chi connectivity index (χ2n) is 6.79. The number of carbonyl (C=O) groups is 1. The van der Waals surface area contributed by atoms with Crippen molar-refractivity contribution in [1.29, 1.82) is 0 Å². The molecule has 0 N–H and O–H groups in total. The molecule has 2 aliphatic heterocycles. The highest BCUT2D eigenvalue weighted by Crippen LogP contribution is 2.37. The van der Waals surface area contributed by atoms with Crippen LogP contribution in [0.1, 0.15) is 41.3 Å². The van der Waals surface area contributed by atoms with E-state index in [1.54, 1.807) is 0 Å². The molecule has 0 saturated carbocycles. The molecule has 0 aliphatic carbocycles. The molecule has 2 aliphatic rings. The van der Waals surface area contributed by atoms with Crippen molar-refractivity contribution in [2.75, 3.05) is 26.2 Å². The Balaban J connectivity index is 1.60. The number of nitrogens with zero attached hydrogens (tertiary/aromatic N) is 2. The van der Waals surface area contributed by atoms with Crippen LogP contribution in [-0.4, -0.2) is 41.9 Å². The topological polar surface area (TPSA) is 23.6 Å². The Morgan fingerprint density at radius 2 is 1.83 bits per heavy atom. The lowest BCUT2D eigenvalue weighted by Crippen LogP contribution is -2.46. The first-order valence-electron chi connectivity index (χ1n) is 8.96. The van der Waals surface area contributed by atoms with Crippen molar-refractivity contribution in [3.05, 3.63) is 57.8 Å². The van der Waals surface area contributed by atoms with Crippen molar-refractivity contribution in [2.24, 2.45) is 0 Å². The molecule has 1 amide bonds. The molecular weight excluding hydrogens is 316 g/mol. The second-order valence-corrected chi connectivity index (χ2v) is 7.79. The van der Waals surface area contributed by atoms with Crippen molar-refractivity contribution in [3.63, 3.8) is 0 Å². The van der Waals surface area contributed by atoms with Gasteiger partial charge in [-0.1, -0.05) is 36.8 Å². The number of rotatable bonds is 3. The molecular formula is C20H24N2OS. The van der Waals surface area contributed by atoms with E-state index < -0.39 is 0 Å². The summed E-state index contributed by atoms with van der Waals surface area (Å²) in [5.74, 6) is 0.280. The van der Waals surface area contributed by atoms with E-state index in [2.05, 4.69) is 45.5 Å². The summed E-state index contributed by atoms with van der Waals surface area (Å²) in [6.45, 7) is 3.54. The summed E-state index contributed by atoms with van der Waals surface area (Å²) in [6.07, 6.45) is 4.75. The number of carbonyl (C=O) groups excluding carboxylic acids is 1. The Kier molecular flexibility index (Phi) is 4.67. The highest BCUT2D eigenvalue weighted by molar-refractivity contribution is 7.10. The quantitative estimate of drug-likeness (QED) is 0.850. The van der Waals surface area contributed by atoms with Crippen LogP contribution in [0.3, 0.4) is 0 Å². The molecule has 0 spiro atoms. The Bertz CT molecular complexity index is 691. The summed E-state index contributed by atoms with van der Waals surface area (Å²) in [4.78, 5) is 18.9. The third-order valence-corrected chi connectivity index (χ3v) is 6.21. The zero-order valence-electron chi connectivity index (χ0n) is 14.0. The highest BCUT2D eigenvalue weighted by Gasteiger charge is 2.33. The van der Waals surface area contributed by atoms with Crippen LogP contribution in [0.5, 0.6) is 0 Å². The fourth-order valence-electron chi connectivity index (χ4n) is 3.98. The van der Waals surface area contributed by atoms with Crippen LogP contribution in [-0.2, 0) is 11.2 Å². The van der Waals surface area contributed by atoms with Gasteiger partial charge in [0, 0.05) is 11.4 Å². The Morgan fingerprint density at radius 1 is 1.04 bits per heavy atom. The van der Waals surface area contributed by atoms with Crippen LogP contribution in [0.15, 0.2) is 41.8 Å². The maximum atomic E-state index is 13.1. The van der Waals surface area contributed by atoms with Crippen molar-refractivity contribution in [2.45, 2.75) is 31.7 Å². The van der Waals surface area contributed by atoms with Crippen LogP contribution in [0, 0.1) is 0 Å². The number of hydrogen-bond acceptors (Lipinski definition) is 3. The first-order valence-corrected chi connectivity index (χ1v) is 9.84. The minimum atomic E-state index is 0.0819. The van der Waals surface area contributed by atoms with Crippen LogP contribution in [0.2, 0.25) is 0 Å². The maximum absolute atomic E-state index is 13.1. The monoisotopic (exact) mass is 340 g/mol. The van der Waals surface area contributed by atoms with Gasteiger partial charge < -0.3 is 4.90 Å². The van der Waals surface area contributed by atoms with E-state index in [0.717, 1.165) is 26.1 Å². The lowest BCUT2D eigenvalue weighted by molar-refractivity contribution is -0.134. The van der Waals surface area contributed by atoms with E-state index in [1.165, 1.54) is 35.3 Å². The molecule has 1 aromatic carbocycles. The summed E-state index contributed by atoms with van der Waals surface area (Å²) >= 11 is 1.82. The molecule has 1 aromatic heterocycles. The molecule has 1 fully saturated rings. The largest absolute Gasteiger partial charge is 0.330 e. The lowest BCUT2D eigenvalue weighted by atomic mass is 9.93. The molecule has 1 saturated heterocycles. The normalized spacial score (nSPS) is 21.5. The van der Waals surface area contributed by atoms with E-state index in [4.69, 9.17) is 0 Å². The van der Waals surface area contributed by atoms with Crippen LogP contribution >= 0.6 is 11.3 Å². The Morgan fingerprint density at radius 3 is 2.62 bits per heavy atom. The van der Waals surface area contributed by atoms with Crippen molar-refractivity contribution in [1.82, 2.24) is 9.80 Å². The number of amides is 1. The molecule has 0 bridgehead atoms. The summed E-state index contributed by atoms with van der Waals surface area (Å²) in [6, 6.07) is 12.8. The fourth-order valence-corrected chi connectivity index (χ4v) is 4.88. The summed E-state index contributed by atoms with van der Waals surface area (Å²) < 4.78 is 0. The van der Waals surface area contributed by atoms with E-state index in [-0.39, 0.29) is 11.9 Å². The molecule has 3 nitrogen and oxygen atoms in total. The van der Waals surface area contributed by atoms with Crippen molar-refractivity contribution < 1.29 is 4.79 Å². The first-order chi connectivity index (χ1) is 11.8. The standard InChI is InChI=1S/C20H24N2OS/c23-19(15-21-11-5-2-6-12-21)22-13-9-18-17(10-14-24-18)20(22)16-7-3-1-4-8-16/h1,3-4,7-8,10,14,20H,2,5-6,9,11-13,15H2/t20-/m1/s1. The van der Waals surface area contributed by atoms with Crippen LogP contribution < -0.4 is 0 Å². The van der Waals surface area contributed by atoms with Gasteiger partial charge in [-0.05, 0) is 54.9 Å². The molecule has 126 valence electrons. The van der Waals surface area contributed by atoms with Crippen LogP contribution in [0.4, 0.5) is 0 Å². The van der Waals surface area contributed by atoms with E-state index >= 15 is 0 Å². The first kappa shape index (κ1) is 15.9. The predicted octanol–water partition coefficient (Wildman–Crippen LogP) is 3.71. The van der Waals surface area contributed by atoms with Crippen molar-refractivity contribution >= 4 is 17.2 Å². The fraction of sp³-hybridized carbons (Fsp3) is 0.450. The third-order valence-electron chi connectivity index (χ3n) is 5.21. The van der Waals surface area contributed by atoms with Gasteiger partial charge in [-0.2, -0.15) is 0 Å². The predicted molar refractivity (Wildman–Crippen MR) is 98.3 cm³/mol. The Labute approximate surface area is 147 Å². The molecule has 2 aromatic rings. The van der Waals surface area contributed by atoms with E-state index in [9.17, 15) is 4.79 Å². The smallest absolute Gasteiger partial charge is 0.237 e. The number of fused-ring (bicyclic) bond motifs is 1.